The Morgan fingerprint density at radius 2 is 1.69 bits per heavy atom. The van der Waals surface area contributed by atoms with Crippen molar-refractivity contribution in [1.29, 1.82) is 0 Å². The largest absolute Gasteiger partial charge is 0.503 e. The minimum Gasteiger partial charge on any atom is -0.503 e. The molecule has 1 amide bonds. The molecule has 1 fully saturated rings. The molecular weight excluding hydrogens is 386 g/mol. The van der Waals surface area contributed by atoms with Crippen LogP contribution in [0.3, 0.4) is 0 Å². The maximum Gasteiger partial charge on any atom is 0.290 e. The van der Waals surface area contributed by atoms with Crippen molar-refractivity contribution in [2.24, 2.45) is 0 Å². The van der Waals surface area contributed by atoms with Crippen molar-refractivity contribution in [3.8, 4) is 0 Å². The fraction of sp³-hybridized carbons (Fsp3) is 0.333. The lowest BCUT2D eigenvalue weighted by Crippen LogP contribution is -2.38. The topological polar surface area (TPSA) is 57.6 Å². The SMILES string of the molecule is O=C(CCc1ccccc1)C1=C(O)C(=O)N(C2CCCC2)C1c1ccc(Cl)cc1. The van der Waals surface area contributed by atoms with Gasteiger partial charge >= 0.3 is 0 Å². The molecule has 1 atom stereocenters. The van der Waals surface area contributed by atoms with Crippen LogP contribution in [0.25, 0.3) is 0 Å². The molecule has 0 bridgehead atoms. The zero-order valence-electron chi connectivity index (χ0n) is 16.2. The molecule has 1 saturated carbocycles. The van der Waals surface area contributed by atoms with Crippen molar-refractivity contribution in [1.82, 2.24) is 4.90 Å². The van der Waals surface area contributed by atoms with Gasteiger partial charge in [-0.25, -0.2) is 0 Å². The molecule has 150 valence electrons. The zero-order chi connectivity index (χ0) is 20.4. The van der Waals surface area contributed by atoms with E-state index in [1.807, 2.05) is 42.5 Å². The number of amides is 1. The number of hydrogen-bond donors (Lipinski definition) is 1. The van der Waals surface area contributed by atoms with Gasteiger partial charge in [-0.3, -0.25) is 9.59 Å². The number of carbonyl (C=O) groups excluding carboxylic acids is 2. The number of benzene rings is 2. The van der Waals surface area contributed by atoms with Gasteiger partial charge in [-0.2, -0.15) is 0 Å². The first kappa shape index (κ1) is 19.7. The molecular formula is C24H24ClNO3. The van der Waals surface area contributed by atoms with Gasteiger partial charge < -0.3 is 10.0 Å². The smallest absolute Gasteiger partial charge is 0.290 e. The van der Waals surface area contributed by atoms with Gasteiger partial charge in [0.1, 0.15) is 0 Å². The van der Waals surface area contributed by atoms with E-state index in [1.165, 1.54) is 0 Å². The fourth-order valence-electron chi connectivity index (χ4n) is 4.48. The summed E-state index contributed by atoms with van der Waals surface area (Å²) in [7, 11) is 0. The van der Waals surface area contributed by atoms with Gasteiger partial charge in [0.2, 0.25) is 0 Å². The summed E-state index contributed by atoms with van der Waals surface area (Å²) in [6.07, 6.45) is 4.73. The van der Waals surface area contributed by atoms with E-state index in [2.05, 4.69) is 0 Å². The molecule has 1 aliphatic carbocycles. The van der Waals surface area contributed by atoms with Crippen molar-refractivity contribution in [3.05, 3.63) is 82.1 Å². The molecule has 0 spiro atoms. The summed E-state index contributed by atoms with van der Waals surface area (Å²) < 4.78 is 0. The van der Waals surface area contributed by atoms with E-state index in [0.717, 1.165) is 36.8 Å². The molecule has 0 radical (unpaired) electrons. The van der Waals surface area contributed by atoms with Crippen molar-refractivity contribution < 1.29 is 14.7 Å². The summed E-state index contributed by atoms with van der Waals surface area (Å²) >= 11 is 6.05. The van der Waals surface area contributed by atoms with E-state index in [0.29, 0.717) is 11.4 Å². The molecule has 5 heteroatoms. The van der Waals surface area contributed by atoms with Gasteiger partial charge in [-0.15, -0.1) is 0 Å². The van der Waals surface area contributed by atoms with Gasteiger partial charge in [0.05, 0.1) is 11.6 Å². The van der Waals surface area contributed by atoms with Gasteiger partial charge in [0, 0.05) is 17.5 Å². The number of Topliss-reactive ketones (excluding diaryl/α,β-unsaturated/α-hetero) is 1. The molecule has 1 aliphatic heterocycles. The van der Waals surface area contributed by atoms with E-state index in [4.69, 9.17) is 11.6 Å². The van der Waals surface area contributed by atoms with Gasteiger partial charge in [0.15, 0.2) is 11.5 Å². The highest BCUT2D eigenvalue weighted by Crippen LogP contribution is 2.43. The van der Waals surface area contributed by atoms with Crippen LogP contribution in [0.2, 0.25) is 5.02 Å². The lowest BCUT2D eigenvalue weighted by atomic mass is 9.92. The average molecular weight is 410 g/mol. The Bertz CT molecular complexity index is 930. The normalized spacial score (nSPS) is 20.0. The fourth-order valence-corrected chi connectivity index (χ4v) is 4.60. The first-order valence-electron chi connectivity index (χ1n) is 10.1. The number of aryl methyl sites for hydroxylation is 1. The predicted molar refractivity (Wildman–Crippen MR) is 113 cm³/mol. The van der Waals surface area contributed by atoms with E-state index in [9.17, 15) is 14.7 Å². The van der Waals surface area contributed by atoms with E-state index in [-0.39, 0.29) is 23.8 Å². The highest BCUT2D eigenvalue weighted by Gasteiger charge is 2.46. The van der Waals surface area contributed by atoms with Crippen LogP contribution in [0.1, 0.15) is 49.3 Å². The lowest BCUT2D eigenvalue weighted by molar-refractivity contribution is -0.131. The standard InChI is InChI=1S/C24H24ClNO3/c25-18-13-11-17(12-14-18)22-21(20(27)15-10-16-6-2-1-3-7-16)23(28)24(29)26(22)19-8-4-5-9-19/h1-3,6-7,11-14,19,22,28H,4-5,8-10,15H2. The van der Waals surface area contributed by atoms with Crippen LogP contribution in [0.15, 0.2) is 65.9 Å². The second kappa shape index (κ2) is 8.42. The maximum absolute atomic E-state index is 13.2. The molecule has 0 aromatic heterocycles. The minimum atomic E-state index is -0.550. The third kappa shape index (κ3) is 3.95. The Morgan fingerprint density at radius 3 is 2.34 bits per heavy atom. The third-order valence-corrected chi connectivity index (χ3v) is 6.18. The van der Waals surface area contributed by atoms with E-state index < -0.39 is 17.7 Å². The first-order valence-corrected chi connectivity index (χ1v) is 10.5. The summed E-state index contributed by atoms with van der Waals surface area (Å²) in [6, 6.07) is 16.5. The monoisotopic (exact) mass is 409 g/mol. The maximum atomic E-state index is 13.2. The van der Waals surface area contributed by atoms with Gasteiger partial charge in [0.25, 0.3) is 5.91 Å². The number of carbonyl (C=O) groups is 2. The van der Waals surface area contributed by atoms with Crippen LogP contribution < -0.4 is 0 Å². The van der Waals surface area contributed by atoms with Crippen LogP contribution >= 0.6 is 11.6 Å². The molecule has 29 heavy (non-hydrogen) atoms. The number of hydrogen-bond acceptors (Lipinski definition) is 3. The Morgan fingerprint density at radius 1 is 1.03 bits per heavy atom. The molecule has 1 N–H and O–H groups in total. The van der Waals surface area contributed by atoms with Crippen LogP contribution in [0, 0.1) is 0 Å². The van der Waals surface area contributed by atoms with Crippen LogP contribution in [0.4, 0.5) is 0 Å². The zero-order valence-corrected chi connectivity index (χ0v) is 16.9. The lowest BCUT2D eigenvalue weighted by Gasteiger charge is -2.32. The van der Waals surface area contributed by atoms with Crippen LogP contribution in [-0.2, 0) is 16.0 Å². The summed E-state index contributed by atoms with van der Waals surface area (Å²) in [4.78, 5) is 27.9. The molecule has 1 heterocycles. The number of halogens is 1. The van der Waals surface area contributed by atoms with Crippen LogP contribution in [0.5, 0.6) is 0 Å². The van der Waals surface area contributed by atoms with Crippen molar-refractivity contribution >= 4 is 23.3 Å². The molecule has 2 aromatic carbocycles. The van der Waals surface area contributed by atoms with Crippen molar-refractivity contribution in [2.75, 3.05) is 0 Å². The highest BCUT2D eigenvalue weighted by atomic mass is 35.5. The third-order valence-electron chi connectivity index (χ3n) is 5.93. The van der Waals surface area contributed by atoms with E-state index >= 15 is 0 Å². The molecule has 0 saturated heterocycles. The summed E-state index contributed by atoms with van der Waals surface area (Å²) in [5.41, 5.74) is 2.09. The first-order chi connectivity index (χ1) is 14.1. The average Bonchev–Trinajstić information content (AvgIpc) is 3.35. The number of ketones is 1. The van der Waals surface area contributed by atoms with E-state index in [1.54, 1.807) is 17.0 Å². The molecule has 2 aliphatic rings. The summed E-state index contributed by atoms with van der Waals surface area (Å²) in [5.74, 6) is -1.00. The Kier molecular flexibility index (Phi) is 5.72. The highest BCUT2D eigenvalue weighted by molar-refractivity contribution is 6.30. The number of aliphatic hydroxyl groups is 1. The summed E-state index contributed by atoms with van der Waals surface area (Å²) in [6.45, 7) is 0. The molecule has 4 rings (SSSR count). The Hall–Kier alpha value is -2.59. The molecule has 4 nitrogen and oxygen atoms in total. The minimum absolute atomic E-state index is 0.0461. The van der Waals surface area contributed by atoms with Gasteiger partial charge in [-0.05, 0) is 42.5 Å². The predicted octanol–water partition coefficient (Wildman–Crippen LogP) is 5.18. The molecule has 1 unspecified atom stereocenters. The van der Waals surface area contributed by atoms with Gasteiger partial charge in [-0.1, -0.05) is 66.9 Å². The second-order valence-corrected chi connectivity index (χ2v) is 8.21. The second-order valence-electron chi connectivity index (χ2n) is 7.78. The number of rotatable bonds is 6. The van der Waals surface area contributed by atoms with Crippen molar-refractivity contribution in [2.45, 2.75) is 50.6 Å². The summed E-state index contributed by atoms with van der Waals surface area (Å²) in [5, 5.41) is 11.3. The number of aliphatic hydroxyl groups excluding tert-OH is 1. The Labute approximate surface area is 175 Å². The van der Waals surface area contributed by atoms with Crippen molar-refractivity contribution in [3.63, 3.8) is 0 Å². The quantitative estimate of drug-likeness (QED) is 0.715. The number of nitrogens with zero attached hydrogens (tertiary/aromatic N) is 1. The van der Waals surface area contributed by atoms with Crippen LogP contribution in [-0.4, -0.2) is 27.7 Å². The Balaban J connectivity index is 1.65. The molecule has 2 aromatic rings.